The highest BCUT2D eigenvalue weighted by Gasteiger charge is 2.42. The first-order valence-electron chi connectivity index (χ1n) is 16.1. The Morgan fingerprint density at radius 1 is 1.07 bits per heavy atom. The van der Waals surface area contributed by atoms with Gasteiger partial charge in [-0.15, -0.1) is 0 Å². The van der Waals surface area contributed by atoms with Crippen LogP contribution in [-0.2, 0) is 19.3 Å². The van der Waals surface area contributed by atoms with Gasteiger partial charge in [-0.25, -0.2) is 0 Å². The van der Waals surface area contributed by atoms with Gasteiger partial charge in [0, 0.05) is 47.0 Å². The second-order valence-corrected chi connectivity index (χ2v) is 13.4. The van der Waals surface area contributed by atoms with Crippen LogP contribution in [0.4, 0.5) is 0 Å². The highest BCUT2D eigenvalue weighted by Crippen LogP contribution is 2.52. The van der Waals surface area contributed by atoms with E-state index in [1.165, 1.54) is 73.3 Å². The molecule has 4 nitrogen and oxygen atoms in total. The molecule has 1 N–H and O–H groups in total. The van der Waals surface area contributed by atoms with Crippen molar-refractivity contribution in [2.24, 2.45) is 17.8 Å². The van der Waals surface area contributed by atoms with Gasteiger partial charge in [0.1, 0.15) is 17.1 Å². The highest BCUT2D eigenvalue weighted by atomic mass is 16.3. The van der Waals surface area contributed by atoms with E-state index in [1.807, 2.05) is 13.0 Å². The lowest BCUT2D eigenvalue weighted by Gasteiger charge is -2.46. The first-order valence-corrected chi connectivity index (χ1v) is 16.1. The van der Waals surface area contributed by atoms with Crippen molar-refractivity contribution in [2.45, 2.75) is 95.6 Å². The Balaban J connectivity index is 1.16. The molecule has 7 aliphatic rings. The minimum absolute atomic E-state index is 0.355. The Hall–Kier alpha value is -3.45. The molecule has 41 heavy (non-hydrogen) atoms. The molecule has 0 amide bonds. The number of rotatable bonds is 3. The van der Waals surface area contributed by atoms with E-state index in [0.29, 0.717) is 23.8 Å². The molecule has 2 aliphatic heterocycles. The molecule has 0 saturated heterocycles. The maximum absolute atomic E-state index is 9.56. The number of nitrogens with zero attached hydrogens (tertiary/aromatic N) is 2. The summed E-state index contributed by atoms with van der Waals surface area (Å²) in [5, 5.41) is 12.9. The maximum atomic E-state index is 9.56. The summed E-state index contributed by atoms with van der Waals surface area (Å²) >= 11 is 0. The molecule has 3 heterocycles. The molecule has 0 radical (unpaired) electrons. The summed E-state index contributed by atoms with van der Waals surface area (Å²) in [6.07, 6.45) is 35.0. The molecule has 5 atom stereocenters. The molecule has 4 heteroatoms. The number of aryl methyl sites for hydroxylation is 1. The quantitative estimate of drug-likeness (QED) is 0.393. The largest absolute Gasteiger partial charge is 0.461 e. The van der Waals surface area contributed by atoms with Gasteiger partial charge in [-0.2, -0.15) is 5.26 Å². The zero-order chi connectivity index (χ0) is 27.6. The summed E-state index contributed by atoms with van der Waals surface area (Å²) in [6, 6.07) is 2.84. The first kappa shape index (κ1) is 25.3. The molecule has 0 fully saturated rings. The van der Waals surface area contributed by atoms with Crippen LogP contribution in [-0.4, -0.2) is 16.5 Å². The third-order valence-corrected chi connectivity index (χ3v) is 10.9. The molecule has 1 aromatic rings. The summed E-state index contributed by atoms with van der Waals surface area (Å²) in [5.41, 5.74) is 9.97. The van der Waals surface area contributed by atoms with Gasteiger partial charge in [-0.1, -0.05) is 48.1 Å². The number of fused-ring (bicyclic) bond motifs is 7. The smallest absolute Gasteiger partial charge is 0.141 e. The van der Waals surface area contributed by atoms with Gasteiger partial charge in [-0.05, 0) is 101 Å². The van der Waals surface area contributed by atoms with Crippen molar-refractivity contribution in [3.63, 3.8) is 0 Å². The van der Waals surface area contributed by atoms with Gasteiger partial charge in [0.25, 0.3) is 0 Å². The van der Waals surface area contributed by atoms with E-state index in [4.69, 9.17) is 4.42 Å². The number of allylic oxidation sites excluding steroid dienone is 11. The van der Waals surface area contributed by atoms with Gasteiger partial charge >= 0.3 is 0 Å². The van der Waals surface area contributed by atoms with E-state index in [2.05, 4.69) is 65.0 Å². The van der Waals surface area contributed by atoms with Crippen LogP contribution in [0, 0.1) is 29.1 Å². The molecule has 2 bridgehead atoms. The lowest BCUT2D eigenvalue weighted by atomic mass is 9.73. The lowest BCUT2D eigenvalue weighted by molar-refractivity contribution is 0.266. The highest BCUT2D eigenvalue weighted by molar-refractivity contribution is 5.74. The zero-order valence-electron chi connectivity index (χ0n) is 24.3. The fourth-order valence-electron chi connectivity index (χ4n) is 8.81. The van der Waals surface area contributed by atoms with Crippen LogP contribution >= 0.6 is 0 Å². The van der Waals surface area contributed by atoms with Crippen LogP contribution in [0.3, 0.4) is 0 Å². The second-order valence-electron chi connectivity index (χ2n) is 13.4. The predicted molar refractivity (Wildman–Crippen MR) is 163 cm³/mol. The summed E-state index contributed by atoms with van der Waals surface area (Å²) in [4.78, 5) is 2.78. The second kappa shape index (κ2) is 9.83. The third-order valence-electron chi connectivity index (χ3n) is 10.9. The zero-order valence-corrected chi connectivity index (χ0v) is 24.3. The average molecular weight is 544 g/mol. The van der Waals surface area contributed by atoms with Crippen LogP contribution in [0.15, 0.2) is 81.8 Å². The van der Waals surface area contributed by atoms with Gasteiger partial charge in [0.15, 0.2) is 0 Å². The monoisotopic (exact) mass is 543 g/mol. The van der Waals surface area contributed by atoms with Crippen molar-refractivity contribution in [3.8, 4) is 6.07 Å². The van der Waals surface area contributed by atoms with Gasteiger partial charge in [0.2, 0.25) is 0 Å². The van der Waals surface area contributed by atoms with E-state index >= 15 is 0 Å². The third kappa shape index (κ3) is 4.15. The summed E-state index contributed by atoms with van der Waals surface area (Å²) in [6.45, 7) is 1.93. The van der Waals surface area contributed by atoms with Crippen LogP contribution in [0.1, 0.15) is 87.4 Å². The number of hydrogen-bond donors (Lipinski definition) is 1. The van der Waals surface area contributed by atoms with Crippen LogP contribution in [0.25, 0.3) is 5.57 Å². The van der Waals surface area contributed by atoms with Crippen LogP contribution < -0.4 is 5.32 Å². The number of hydrogen-bond acceptors (Lipinski definition) is 4. The SMILES string of the molecule is CC1(C#N)C=CC(C2CC=CC=C2C2C=C(N3C4=C(c5oc6c(c5CC4)CCC6)C4CCC=CC3C4)CCC2)=CN1. The number of dihydropyridines is 1. The molecular formula is C37H41N3O. The number of furan rings is 1. The van der Waals surface area contributed by atoms with Crippen LogP contribution in [0.5, 0.6) is 0 Å². The Bertz CT molecular complexity index is 1530. The molecule has 0 spiro atoms. The number of nitriles is 1. The van der Waals surface area contributed by atoms with E-state index in [1.54, 1.807) is 22.4 Å². The van der Waals surface area contributed by atoms with Crippen molar-refractivity contribution in [1.29, 1.82) is 5.26 Å². The fourth-order valence-corrected chi connectivity index (χ4v) is 8.81. The van der Waals surface area contributed by atoms with Crippen molar-refractivity contribution in [1.82, 2.24) is 10.2 Å². The number of nitrogens with one attached hydrogen (secondary N) is 1. The predicted octanol–water partition coefficient (Wildman–Crippen LogP) is 7.98. The molecule has 8 rings (SSSR count). The molecule has 5 aliphatic carbocycles. The van der Waals surface area contributed by atoms with Crippen molar-refractivity contribution >= 4 is 5.57 Å². The average Bonchev–Trinajstić information content (AvgIpc) is 3.55. The minimum Gasteiger partial charge on any atom is -0.461 e. The maximum Gasteiger partial charge on any atom is 0.141 e. The first-order chi connectivity index (χ1) is 20.1. The normalized spacial score (nSPS) is 33.6. The van der Waals surface area contributed by atoms with Gasteiger partial charge < -0.3 is 14.6 Å². The van der Waals surface area contributed by atoms with E-state index in [9.17, 15) is 5.26 Å². The standard InChI is InChI=1S/C37H41N3O/c1-37(23-38)19-18-26(22-39-37)30-13-5-4-12-29(30)24-9-6-11-28(20-24)40-27-10-3-2-8-25(21-27)35-33(40)17-16-32-31-14-7-15-34(31)41-36(32)35/h3-5,10,12,18-20,22,24-25,27,30,39H,2,6-9,11,13-17,21H2,1H3. The van der Waals surface area contributed by atoms with Crippen LogP contribution in [0.2, 0.25) is 0 Å². The summed E-state index contributed by atoms with van der Waals surface area (Å²) in [7, 11) is 0. The van der Waals surface area contributed by atoms with E-state index in [-0.39, 0.29) is 0 Å². The summed E-state index contributed by atoms with van der Waals surface area (Å²) < 4.78 is 6.73. The van der Waals surface area contributed by atoms with E-state index < -0.39 is 5.54 Å². The Labute approximate surface area is 244 Å². The lowest BCUT2D eigenvalue weighted by Crippen LogP contribution is -2.41. The molecule has 1 aromatic heterocycles. The minimum atomic E-state index is -0.617. The van der Waals surface area contributed by atoms with E-state index in [0.717, 1.165) is 32.1 Å². The molecule has 5 unspecified atom stereocenters. The van der Waals surface area contributed by atoms with Crippen molar-refractivity contribution in [3.05, 3.63) is 100.0 Å². The topological polar surface area (TPSA) is 52.2 Å². The molecular weight excluding hydrogens is 502 g/mol. The summed E-state index contributed by atoms with van der Waals surface area (Å²) in [5.74, 6) is 3.97. The Kier molecular flexibility index (Phi) is 6.06. The molecule has 0 saturated carbocycles. The Morgan fingerprint density at radius 3 is 2.90 bits per heavy atom. The molecule has 210 valence electrons. The Morgan fingerprint density at radius 2 is 2.02 bits per heavy atom. The fraction of sp³-hybridized carbons (Fsp3) is 0.486. The van der Waals surface area contributed by atoms with Gasteiger partial charge in [-0.3, -0.25) is 0 Å². The van der Waals surface area contributed by atoms with Gasteiger partial charge in [0.05, 0.1) is 12.1 Å². The van der Waals surface area contributed by atoms with Crippen molar-refractivity contribution in [2.75, 3.05) is 0 Å². The molecule has 0 aromatic carbocycles. The van der Waals surface area contributed by atoms with Crippen molar-refractivity contribution < 1.29 is 4.42 Å².